The standard InChI is InChI=1S/C10H16O6.C6H14O4/c1-16-9(13)6-5-7(10(14)15)3-2-4-8(11)12;7-1-3-9-5-6-10-4-2-8/h7H,2-6H2,1H3,(H,11,12)(H,14,15);7-8H,1-6H2. The number of aliphatic hydroxyl groups is 2. The van der Waals surface area contributed by atoms with Crippen LogP contribution in [-0.4, -0.2) is 85.1 Å². The first kappa shape index (κ1) is 26.5. The van der Waals surface area contributed by atoms with Gasteiger partial charge in [-0.2, -0.15) is 0 Å². The summed E-state index contributed by atoms with van der Waals surface area (Å²) < 4.78 is 14.1. The first-order chi connectivity index (χ1) is 12.4. The minimum Gasteiger partial charge on any atom is -0.481 e. The molecule has 1 atom stereocenters. The Bertz CT molecular complexity index is 364. The van der Waals surface area contributed by atoms with Crippen LogP contribution >= 0.6 is 0 Å². The predicted octanol–water partition coefficient (Wildman–Crippen LogP) is -0.100. The van der Waals surface area contributed by atoms with Crippen molar-refractivity contribution in [2.24, 2.45) is 5.92 Å². The molecule has 0 fully saturated rings. The number of carboxylic acids is 2. The Kier molecular flexibility index (Phi) is 19.9. The molecule has 10 heteroatoms. The largest absolute Gasteiger partial charge is 0.481 e. The van der Waals surface area contributed by atoms with Gasteiger partial charge in [0.15, 0.2) is 0 Å². The third kappa shape index (κ3) is 20.3. The van der Waals surface area contributed by atoms with Crippen molar-refractivity contribution in [2.75, 3.05) is 46.8 Å². The molecule has 0 aliphatic rings. The maximum atomic E-state index is 10.8. The number of methoxy groups -OCH3 is 1. The third-order valence-electron chi connectivity index (χ3n) is 3.06. The average Bonchev–Trinajstić information content (AvgIpc) is 2.60. The van der Waals surface area contributed by atoms with Gasteiger partial charge in [-0.05, 0) is 19.3 Å². The van der Waals surface area contributed by atoms with Gasteiger partial charge in [-0.1, -0.05) is 0 Å². The Morgan fingerprint density at radius 2 is 1.38 bits per heavy atom. The van der Waals surface area contributed by atoms with Gasteiger partial charge in [0.2, 0.25) is 0 Å². The molecule has 10 nitrogen and oxygen atoms in total. The van der Waals surface area contributed by atoms with Crippen LogP contribution in [0, 0.1) is 5.92 Å². The number of carboxylic acid groups (broad SMARTS) is 2. The number of aliphatic hydroxyl groups excluding tert-OH is 2. The normalized spacial score (nSPS) is 11.2. The summed E-state index contributed by atoms with van der Waals surface area (Å²) in [6.45, 7) is 1.73. The van der Waals surface area contributed by atoms with Crippen molar-refractivity contribution in [1.82, 2.24) is 0 Å². The van der Waals surface area contributed by atoms with Crippen LogP contribution in [0.3, 0.4) is 0 Å². The lowest BCUT2D eigenvalue weighted by atomic mass is 9.97. The minimum absolute atomic E-state index is 0.0417. The van der Waals surface area contributed by atoms with Gasteiger partial charge in [-0.3, -0.25) is 14.4 Å². The van der Waals surface area contributed by atoms with Crippen LogP contribution < -0.4 is 0 Å². The molecule has 0 heterocycles. The summed E-state index contributed by atoms with van der Waals surface area (Å²) >= 11 is 0. The summed E-state index contributed by atoms with van der Waals surface area (Å²) in [5.41, 5.74) is 0. The van der Waals surface area contributed by atoms with E-state index in [1.807, 2.05) is 0 Å². The topological polar surface area (TPSA) is 160 Å². The Hall–Kier alpha value is -1.75. The number of hydrogen-bond donors (Lipinski definition) is 4. The van der Waals surface area contributed by atoms with E-state index in [9.17, 15) is 14.4 Å². The molecule has 0 aromatic heterocycles. The van der Waals surface area contributed by atoms with Crippen molar-refractivity contribution in [2.45, 2.75) is 32.1 Å². The lowest BCUT2D eigenvalue weighted by Gasteiger charge is -2.10. The van der Waals surface area contributed by atoms with Crippen molar-refractivity contribution in [3.05, 3.63) is 0 Å². The summed E-state index contributed by atoms with van der Waals surface area (Å²) in [5, 5.41) is 33.8. The van der Waals surface area contributed by atoms with Crippen molar-refractivity contribution < 1.29 is 49.0 Å². The van der Waals surface area contributed by atoms with Crippen LogP contribution in [0.1, 0.15) is 32.1 Å². The number of carbonyl (C=O) groups excluding carboxylic acids is 1. The smallest absolute Gasteiger partial charge is 0.306 e. The molecular formula is C16H30O10. The fourth-order valence-electron chi connectivity index (χ4n) is 1.74. The summed E-state index contributed by atoms with van der Waals surface area (Å²) in [4.78, 5) is 31.8. The van der Waals surface area contributed by atoms with E-state index >= 15 is 0 Å². The van der Waals surface area contributed by atoms with E-state index in [4.69, 9.17) is 29.9 Å². The Morgan fingerprint density at radius 1 is 0.846 bits per heavy atom. The molecule has 26 heavy (non-hydrogen) atoms. The lowest BCUT2D eigenvalue weighted by molar-refractivity contribution is -0.145. The third-order valence-corrected chi connectivity index (χ3v) is 3.06. The van der Waals surface area contributed by atoms with Gasteiger partial charge >= 0.3 is 17.9 Å². The van der Waals surface area contributed by atoms with E-state index in [0.29, 0.717) is 32.8 Å². The van der Waals surface area contributed by atoms with Crippen molar-refractivity contribution in [3.8, 4) is 0 Å². The van der Waals surface area contributed by atoms with Gasteiger partial charge in [-0.25, -0.2) is 0 Å². The number of aliphatic carboxylic acids is 2. The van der Waals surface area contributed by atoms with E-state index in [-0.39, 0.29) is 38.9 Å². The Balaban J connectivity index is 0. The second kappa shape index (κ2) is 19.6. The quantitative estimate of drug-likeness (QED) is 0.222. The van der Waals surface area contributed by atoms with Gasteiger partial charge in [0.1, 0.15) is 0 Å². The number of carbonyl (C=O) groups is 3. The molecule has 0 spiro atoms. The van der Waals surface area contributed by atoms with Crippen LogP contribution in [0.25, 0.3) is 0 Å². The molecule has 0 aliphatic carbocycles. The molecule has 0 saturated carbocycles. The zero-order valence-corrected chi connectivity index (χ0v) is 15.1. The first-order valence-corrected chi connectivity index (χ1v) is 8.27. The Labute approximate surface area is 152 Å². The van der Waals surface area contributed by atoms with Gasteiger partial charge < -0.3 is 34.6 Å². The number of ether oxygens (including phenoxy) is 3. The summed E-state index contributed by atoms with van der Waals surface area (Å²) in [5.74, 6) is -3.09. The highest BCUT2D eigenvalue weighted by atomic mass is 16.5. The fourth-order valence-corrected chi connectivity index (χ4v) is 1.74. The van der Waals surface area contributed by atoms with E-state index in [1.165, 1.54) is 7.11 Å². The number of esters is 1. The van der Waals surface area contributed by atoms with Crippen LogP contribution in [0.15, 0.2) is 0 Å². The van der Waals surface area contributed by atoms with E-state index in [1.54, 1.807) is 0 Å². The maximum absolute atomic E-state index is 10.8. The van der Waals surface area contributed by atoms with E-state index in [2.05, 4.69) is 4.74 Å². The van der Waals surface area contributed by atoms with Gasteiger partial charge in [0.05, 0.1) is 52.7 Å². The zero-order valence-electron chi connectivity index (χ0n) is 15.1. The second-order valence-electron chi connectivity index (χ2n) is 5.11. The van der Waals surface area contributed by atoms with E-state index < -0.39 is 23.8 Å². The molecule has 0 aromatic carbocycles. The van der Waals surface area contributed by atoms with Crippen LogP contribution in [0.2, 0.25) is 0 Å². The molecule has 4 N–H and O–H groups in total. The summed E-state index contributed by atoms with van der Waals surface area (Å²) in [7, 11) is 1.24. The molecular weight excluding hydrogens is 352 g/mol. The highest BCUT2D eigenvalue weighted by Crippen LogP contribution is 2.15. The molecule has 0 radical (unpaired) electrons. The summed E-state index contributed by atoms with van der Waals surface area (Å²) in [6.07, 6.45) is 0.732. The molecule has 0 aromatic rings. The van der Waals surface area contributed by atoms with Gasteiger partial charge in [-0.15, -0.1) is 0 Å². The van der Waals surface area contributed by atoms with Crippen LogP contribution in [-0.2, 0) is 28.6 Å². The molecule has 1 unspecified atom stereocenters. The molecule has 0 saturated heterocycles. The minimum atomic E-state index is -1.01. The number of rotatable bonds is 15. The zero-order chi connectivity index (χ0) is 20.2. The predicted molar refractivity (Wildman–Crippen MR) is 89.7 cm³/mol. The SMILES string of the molecule is COC(=O)CCC(CCCC(=O)O)C(=O)O.OCCOCCOCCO. The maximum Gasteiger partial charge on any atom is 0.306 e. The van der Waals surface area contributed by atoms with Crippen molar-refractivity contribution in [1.29, 1.82) is 0 Å². The fraction of sp³-hybridized carbons (Fsp3) is 0.812. The highest BCUT2D eigenvalue weighted by Gasteiger charge is 2.19. The van der Waals surface area contributed by atoms with Crippen molar-refractivity contribution in [3.63, 3.8) is 0 Å². The molecule has 0 rings (SSSR count). The Morgan fingerprint density at radius 3 is 1.77 bits per heavy atom. The van der Waals surface area contributed by atoms with Crippen molar-refractivity contribution >= 4 is 17.9 Å². The highest BCUT2D eigenvalue weighted by molar-refractivity contribution is 5.73. The summed E-state index contributed by atoms with van der Waals surface area (Å²) in [6, 6.07) is 0. The monoisotopic (exact) mass is 382 g/mol. The van der Waals surface area contributed by atoms with Gasteiger partial charge in [0, 0.05) is 12.8 Å². The lowest BCUT2D eigenvalue weighted by Crippen LogP contribution is -2.16. The molecule has 154 valence electrons. The average molecular weight is 382 g/mol. The number of hydrogen-bond acceptors (Lipinski definition) is 8. The molecule has 0 bridgehead atoms. The molecule has 0 aliphatic heterocycles. The first-order valence-electron chi connectivity index (χ1n) is 8.27. The second-order valence-corrected chi connectivity index (χ2v) is 5.11. The molecule has 0 amide bonds. The van der Waals surface area contributed by atoms with Crippen LogP contribution in [0.4, 0.5) is 0 Å². The van der Waals surface area contributed by atoms with E-state index in [0.717, 1.165) is 0 Å². The van der Waals surface area contributed by atoms with Gasteiger partial charge in [0.25, 0.3) is 0 Å². The van der Waals surface area contributed by atoms with Crippen LogP contribution in [0.5, 0.6) is 0 Å².